The van der Waals surface area contributed by atoms with Crippen LogP contribution in [0.3, 0.4) is 0 Å². The molecule has 0 radical (unpaired) electrons. The molecule has 0 aromatic rings. The minimum atomic E-state index is -2.68. The third-order valence-electron chi connectivity index (χ3n) is 1.29. The Labute approximate surface area is 55.9 Å². The molecule has 0 aliphatic heterocycles. The summed E-state index contributed by atoms with van der Waals surface area (Å²) in [6, 6.07) is 0. The molecule has 0 rings (SSSR count). The first-order chi connectivity index (χ1) is 4.04. The first kappa shape index (κ1) is 9.11. The summed E-state index contributed by atoms with van der Waals surface area (Å²) in [5.74, 6) is 0. The lowest BCUT2D eigenvalue weighted by atomic mass is 10.8. The van der Waals surface area contributed by atoms with Crippen LogP contribution in [0.1, 0.15) is 6.92 Å². The van der Waals surface area contributed by atoms with Gasteiger partial charge in [0.2, 0.25) is 0 Å². The fourth-order valence-corrected chi connectivity index (χ4v) is 1.14. The first-order valence-corrected chi connectivity index (χ1v) is 4.56. The van der Waals surface area contributed by atoms with Crippen LogP contribution in [0.2, 0.25) is 0 Å². The Kier molecular flexibility index (Phi) is 3.36. The van der Waals surface area contributed by atoms with E-state index < -0.39 is 7.59 Å². The summed E-state index contributed by atoms with van der Waals surface area (Å²) in [6.07, 6.45) is 0. The van der Waals surface area contributed by atoms with E-state index in [1.54, 1.807) is 18.8 Å². The number of nitrogens with zero attached hydrogens (tertiary/aromatic N) is 1. The van der Waals surface area contributed by atoms with Gasteiger partial charge in [0.25, 0.3) is 7.59 Å². The van der Waals surface area contributed by atoms with Crippen LogP contribution in [0.25, 0.3) is 0 Å². The predicted octanol–water partition coefficient (Wildman–Crippen LogP) is 0.224. The topological polar surface area (TPSA) is 58.4 Å². The second kappa shape index (κ2) is 3.32. The summed E-state index contributed by atoms with van der Waals surface area (Å²) in [7, 11) is 0.629. The molecule has 0 amide bonds. The van der Waals surface area contributed by atoms with Crippen LogP contribution in [0.15, 0.2) is 0 Å². The van der Waals surface area contributed by atoms with Gasteiger partial charge >= 0.3 is 0 Å². The van der Waals surface area contributed by atoms with Gasteiger partial charge in [-0.3, -0.25) is 10.1 Å². The number of hydrogen-bond acceptors (Lipinski definition) is 1. The average molecular weight is 151 g/mol. The molecule has 5 heteroatoms. The monoisotopic (exact) mass is 151 g/mol. The van der Waals surface area contributed by atoms with E-state index in [4.69, 9.17) is 5.50 Å². The highest BCUT2D eigenvalue weighted by molar-refractivity contribution is 7.56. The summed E-state index contributed by atoms with van der Waals surface area (Å²) in [4.78, 5) is 0. The Morgan fingerprint density at radius 2 is 2.22 bits per heavy atom. The van der Waals surface area contributed by atoms with E-state index in [9.17, 15) is 4.57 Å². The zero-order valence-electron chi connectivity index (χ0n) is 6.09. The van der Waals surface area contributed by atoms with E-state index in [1.807, 2.05) is 6.92 Å². The Hall–Kier alpha value is 0.110. The standard InChI is InChI=1S/C4H14N3OP/c1-4-7(3)9(5,8)6-2/h4H2,1-3H3,(H3,5,6,8). The molecule has 0 saturated carbocycles. The van der Waals surface area contributed by atoms with Gasteiger partial charge in [0.1, 0.15) is 0 Å². The molecule has 0 aliphatic carbocycles. The van der Waals surface area contributed by atoms with E-state index >= 15 is 0 Å². The number of hydrogen-bond donors (Lipinski definition) is 2. The molecule has 0 aliphatic rings. The van der Waals surface area contributed by atoms with Gasteiger partial charge in [-0.05, 0) is 14.1 Å². The van der Waals surface area contributed by atoms with Crippen molar-refractivity contribution in [1.29, 1.82) is 0 Å². The van der Waals surface area contributed by atoms with Crippen molar-refractivity contribution in [3.05, 3.63) is 0 Å². The van der Waals surface area contributed by atoms with E-state index in [2.05, 4.69) is 5.09 Å². The van der Waals surface area contributed by atoms with Crippen molar-refractivity contribution in [3.8, 4) is 0 Å². The number of rotatable bonds is 3. The van der Waals surface area contributed by atoms with Gasteiger partial charge in [-0.2, -0.15) is 0 Å². The largest absolute Gasteiger partial charge is 0.278 e. The van der Waals surface area contributed by atoms with Crippen LogP contribution in [0.4, 0.5) is 0 Å². The van der Waals surface area contributed by atoms with Gasteiger partial charge in [-0.25, -0.2) is 9.76 Å². The second-order valence-corrected chi connectivity index (χ2v) is 4.20. The second-order valence-electron chi connectivity index (χ2n) is 1.82. The molecule has 0 saturated heterocycles. The maximum Gasteiger partial charge on any atom is 0.278 e. The lowest BCUT2D eigenvalue weighted by molar-refractivity contribution is 0.475. The van der Waals surface area contributed by atoms with E-state index in [-0.39, 0.29) is 0 Å². The Bertz CT molecular complexity index is 127. The molecule has 0 aromatic heterocycles. The average Bonchev–Trinajstić information content (AvgIpc) is 1.86. The van der Waals surface area contributed by atoms with Gasteiger partial charge in [0.15, 0.2) is 0 Å². The molecule has 0 spiro atoms. The lowest BCUT2D eigenvalue weighted by Crippen LogP contribution is -2.27. The first-order valence-electron chi connectivity index (χ1n) is 2.83. The van der Waals surface area contributed by atoms with E-state index in [1.165, 1.54) is 0 Å². The molecule has 0 fully saturated rings. The summed E-state index contributed by atoms with van der Waals surface area (Å²) in [6.45, 7) is 2.59. The highest BCUT2D eigenvalue weighted by Gasteiger charge is 2.16. The van der Waals surface area contributed by atoms with Crippen LogP contribution in [0.5, 0.6) is 0 Å². The van der Waals surface area contributed by atoms with Gasteiger partial charge < -0.3 is 0 Å². The fourth-order valence-electron chi connectivity index (χ4n) is 0.381. The van der Waals surface area contributed by atoms with Crippen molar-refractivity contribution in [3.63, 3.8) is 0 Å². The minimum Gasteiger partial charge on any atom is -0.271 e. The van der Waals surface area contributed by atoms with E-state index in [0.29, 0.717) is 6.54 Å². The third-order valence-corrected chi connectivity index (χ3v) is 3.22. The number of nitrogens with two attached hydrogens (primary N) is 1. The van der Waals surface area contributed by atoms with Gasteiger partial charge in [0, 0.05) is 6.54 Å². The zero-order valence-corrected chi connectivity index (χ0v) is 6.98. The molecule has 0 bridgehead atoms. The smallest absolute Gasteiger partial charge is 0.271 e. The van der Waals surface area contributed by atoms with Crippen molar-refractivity contribution < 1.29 is 4.57 Å². The highest BCUT2D eigenvalue weighted by Crippen LogP contribution is 2.32. The van der Waals surface area contributed by atoms with Crippen LogP contribution in [0, 0.1) is 0 Å². The third kappa shape index (κ3) is 2.45. The highest BCUT2D eigenvalue weighted by atomic mass is 31.2. The zero-order chi connectivity index (χ0) is 7.49. The SMILES string of the molecule is CCN(C)P(N)(=O)NC. The van der Waals surface area contributed by atoms with Crippen molar-refractivity contribution in [2.45, 2.75) is 6.92 Å². The summed E-state index contributed by atoms with van der Waals surface area (Å²) in [5.41, 5.74) is 5.34. The molecule has 1 atom stereocenters. The molecule has 0 aromatic carbocycles. The van der Waals surface area contributed by atoms with Crippen LogP contribution in [-0.4, -0.2) is 25.3 Å². The molecule has 9 heavy (non-hydrogen) atoms. The fraction of sp³-hybridized carbons (Fsp3) is 1.00. The van der Waals surface area contributed by atoms with Crippen molar-refractivity contribution in [2.75, 3.05) is 20.6 Å². The Morgan fingerprint density at radius 3 is 2.33 bits per heavy atom. The van der Waals surface area contributed by atoms with Gasteiger partial charge in [-0.15, -0.1) is 0 Å². The molecule has 4 nitrogen and oxygen atoms in total. The lowest BCUT2D eigenvalue weighted by Gasteiger charge is -2.21. The molecule has 3 N–H and O–H groups in total. The Balaban J connectivity index is 3.98. The summed E-state index contributed by atoms with van der Waals surface area (Å²) in [5, 5.41) is 2.55. The predicted molar refractivity (Wildman–Crippen MR) is 39.2 cm³/mol. The van der Waals surface area contributed by atoms with Crippen LogP contribution in [-0.2, 0) is 4.57 Å². The van der Waals surface area contributed by atoms with Crippen molar-refractivity contribution >= 4 is 7.59 Å². The Morgan fingerprint density at radius 1 is 1.78 bits per heavy atom. The van der Waals surface area contributed by atoms with Crippen molar-refractivity contribution in [1.82, 2.24) is 9.76 Å². The van der Waals surface area contributed by atoms with Crippen LogP contribution >= 0.6 is 7.59 Å². The van der Waals surface area contributed by atoms with Crippen LogP contribution < -0.4 is 10.6 Å². The molecule has 1 unspecified atom stereocenters. The summed E-state index contributed by atoms with van der Waals surface area (Å²) >= 11 is 0. The summed E-state index contributed by atoms with van der Waals surface area (Å²) < 4.78 is 12.7. The van der Waals surface area contributed by atoms with Gasteiger partial charge in [0.05, 0.1) is 0 Å². The van der Waals surface area contributed by atoms with Gasteiger partial charge in [-0.1, -0.05) is 6.92 Å². The maximum absolute atomic E-state index is 11.1. The van der Waals surface area contributed by atoms with E-state index in [0.717, 1.165) is 0 Å². The quantitative estimate of drug-likeness (QED) is 0.566. The molecule has 0 heterocycles. The van der Waals surface area contributed by atoms with Crippen molar-refractivity contribution in [2.24, 2.45) is 5.50 Å². The minimum absolute atomic E-state index is 0.689. The normalized spacial score (nSPS) is 17.9. The number of nitrogens with one attached hydrogen (secondary N) is 1. The molecular weight excluding hydrogens is 137 g/mol. The molecule has 56 valence electrons. The molecular formula is C4H14N3OP. The maximum atomic E-state index is 11.1.